The van der Waals surface area contributed by atoms with E-state index in [1.165, 1.54) is 0 Å². The SMILES string of the molecule is CCCc1noc2cc(OCCCCOc3ccc4c(CCC)noc4c3)ccc12. The van der Waals surface area contributed by atoms with Gasteiger partial charge in [-0.3, -0.25) is 0 Å². The maximum atomic E-state index is 5.85. The molecule has 0 saturated carbocycles. The Hall–Kier alpha value is -3.02. The van der Waals surface area contributed by atoms with Crippen LogP contribution in [0.2, 0.25) is 0 Å². The van der Waals surface area contributed by atoms with Crippen molar-refractivity contribution in [2.24, 2.45) is 0 Å². The van der Waals surface area contributed by atoms with Crippen molar-refractivity contribution in [1.29, 1.82) is 0 Å². The van der Waals surface area contributed by atoms with Crippen LogP contribution in [-0.4, -0.2) is 23.5 Å². The molecule has 0 N–H and O–H groups in total. The molecule has 0 saturated heterocycles. The Labute approximate surface area is 176 Å². The van der Waals surface area contributed by atoms with Crippen LogP contribution in [0, 0.1) is 0 Å². The first-order chi connectivity index (χ1) is 14.8. The van der Waals surface area contributed by atoms with Crippen LogP contribution in [-0.2, 0) is 12.8 Å². The van der Waals surface area contributed by atoms with Crippen molar-refractivity contribution in [2.75, 3.05) is 13.2 Å². The second-order valence-electron chi connectivity index (χ2n) is 7.48. The molecule has 0 radical (unpaired) electrons. The highest BCUT2D eigenvalue weighted by Crippen LogP contribution is 2.26. The van der Waals surface area contributed by atoms with Gasteiger partial charge in [0.15, 0.2) is 11.2 Å². The number of aromatic nitrogens is 2. The van der Waals surface area contributed by atoms with Gasteiger partial charge >= 0.3 is 0 Å². The van der Waals surface area contributed by atoms with Gasteiger partial charge in [-0.2, -0.15) is 0 Å². The number of hydrogen-bond donors (Lipinski definition) is 0. The molecule has 0 aliphatic carbocycles. The van der Waals surface area contributed by atoms with E-state index in [-0.39, 0.29) is 0 Å². The number of nitrogens with zero attached hydrogens (tertiary/aromatic N) is 2. The highest BCUT2D eigenvalue weighted by molar-refractivity contribution is 5.81. The second-order valence-corrected chi connectivity index (χ2v) is 7.48. The number of benzene rings is 2. The number of aryl methyl sites for hydroxylation is 2. The minimum absolute atomic E-state index is 0.631. The van der Waals surface area contributed by atoms with Crippen molar-refractivity contribution in [2.45, 2.75) is 52.4 Å². The summed E-state index contributed by atoms with van der Waals surface area (Å²) in [7, 11) is 0. The number of rotatable bonds is 11. The van der Waals surface area contributed by atoms with E-state index in [1.807, 2.05) is 36.4 Å². The van der Waals surface area contributed by atoms with Crippen molar-refractivity contribution in [3.63, 3.8) is 0 Å². The summed E-state index contributed by atoms with van der Waals surface area (Å²) in [6, 6.07) is 11.8. The first kappa shape index (κ1) is 20.3. The van der Waals surface area contributed by atoms with Crippen LogP contribution in [0.4, 0.5) is 0 Å². The molecule has 2 heterocycles. The molecule has 4 aromatic rings. The maximum Gasteiger partial charge on any atom is 0.170 e. The molecule has 2 aromatic carbocycles. The van der Waals surface area contributed by atoms with Crippen molar-refractivity contribution in [1.82, 2.24) is 10.3 Å². The van der Waals surface area contributed by atoms with E-state index in [2.05, 4.69) is 24.2 Å². The van der Waals surface area contributed by atoms with Gasteiger partial charge in [0.1, 0.15) is 11.5 Å². The third kappa shape index (κ3) is 4.58. The maximum absolute atomic E-state index is 5.85. The van der Waals surface area contributed by atoms with Gasteiger partial charge in [0.2, 0.25) is 0 Å². The van der Waals surface area contributed by atoms with Gasteiger partial charge in [0.25, 0.3) is 0 Å². The van der Waals surface area contributed by atoms with Crippen LogP contribution in [0.5, 0.6) is 11.5 Å². The van der Waals surface area contributed by atoms with Crippen LogP contribution in [0.15, 0.2) is 45.4 Å². The number of fused-ring (bicyclic) bond motifs is 2. The van der Waals surface area contributed by atoms with Gasteiger partial charge < -0.3 is 18.5 Å². The van der Waals surface area contributed by atoms with E-state index in [4.69, 9.17) is 18.5 Å². The third-order valence-corrected chi connectivity index (χ3v) is 5.09. The molecule has 0 aliphatic rings. The van der Waals surface area contributed by atoms with E-state index < -0.39 is 0 Å². The number of hydrogen-bond acceptors (Lipinski definition) is 6. The van der Waals surface area contributed by atoms with E-state index >= 15 is 0 Å². The highest BCUT2D eigenvalue weighted by atomic mass is 16.5. The Kier molecular flexibility index (Phi) is 6.52. The molecule has 0 bridgehead atoms. The number of unbranched alkanes of at least 4 members (excludes halogenated alkanes) is 1. The average molecular weight is 408 g/mol. The largest absolute Gasteiger partial charge is 0.493 e. The Balaban J connectivity index is 1.21. The molecular weight excluding hydrogens is 380 g/mol. The summed E-state index contributed by atoms with van der Waals surface area (Å²) >= 11 is 0. The molecule has 30 heavy (non-hydrogen) atoms. The summed E-state index contributed by atoms with van der Waals surface area (Å²) in [6.07, 6.45) is 5.76. The quantitative estimate of drug-likeness (QED) is 0.279. The Morgan fingerprint density at radius 3 is 1.60 bits per heavy atom. The predicted molar refractivity (Wildman–Crippen MR) is 116 cm³/mol. The van der Waals surface area contributed by atoms with E-state index in [0.29, 0.717) is 13.2 Å². The first-order valence-corrected chi connectivity index (χ1v) is 10.8. The smallest absolute Gasteiger partial charge is 0.170 e. The summed E-state index contributed by atoms with van der Waals surface area (Å²) in [4.78, 5) is 0. The molecule has 158 valence electrons. The first-order valence-electron chi connectivity index (χ1n) is 10.8. The fraction of sp³-hybridized carbons (Fsp3) is 0.417. The van der Waals surface area contributed by atoms with Crippen molar-refractivity contribution < 1.29 is 18.5 Å². The predicted octanol–water partition coefficient (Wildman–Crippen LogP) is 6.11. The molecule has 0 amide bonds. The lowest BCUT2D eigenvalue weighted by Gasteiger charge is -2.08. The molecule has 0 fully saturated rings. The van der Waals surface area contributed by atoms with Crippen LogP contribution < -0.4 is 9.47 Å². The topological polar surface area (TPSA) is 70.5 Å². The molecule has 0 atom stereocenters. The lowest BCUT2D eigenvalue weighted by molar-refractivity contribution is 0.266. The summed E-state index contributed by atoms with van der Waals surface area (Å²) in [5.41, 5.74) is 3.59. The van der Waals surface area contributed by atoms with Crippen LogP contribution in [0.25, 0.3) is 21.9 Å². The molecule has 0 aliphatic heterocycles. The van der Waals surface area contributed by atoms with E-state index in [1.54, 1.807) is 0 Å². The number of ether oxygens (including phenoxy) is 2. The zero-order valence-electron chi connectivity index (χ0n) is 17.6. The Bertz CT molecular complexity index is 1010. The summed E-state index contributed by atoms with van der Waals surface area (Å²) in [5.74, 6) is 1.61. The lowest BCUT2D eigenvalue weighted by Crippen LogP contribution is -2.02. The van der Waals surface area contributed by atoms with Crippen molar-refractivity contribution in [3.05, 3.63) is 47.8 Å². The fourth-order valence-electron chi connectivity index (χ4n) is 3.54. The Morgan fingerprint density at radius 1 is 0.700 bits per heavy atom. The van der Waals surface area contributed by atoms with Crippen LogP contribution in [0.1, 0.15) is 50.9 Å². The van der Waals surface area contributed by atoms with Crippen LogP contribution >= 0.6 is 0 Å². The molecular formula is C24H28N2O4. The highest BCUT2D eigenvalue weighted by Gasteiger charge is 2.09. The van der Waals surface area contributed by atoms with E-state index in [0.717, 1.165) is 83.4 Å². The summed E-state index contributed by atoms with van der Waals surface area (Å²) < 4.78 is 22.5. The van der Waals surface area contributed by atoms with Gasteiger partial charge in [-0.1, -0.05) is 37.0 Å². The third-order valence-electron chi connectivity index (χ3n) is 5.09. The second kappa shape index (κ2) is 9.65. The van der Waals surface area contributed by atoms with Gasteiger partial charge in [0, 0.05) is 22.9 Å². The van der Waals surface area contributed by atoms with Gasteiger partial charge in [-0.25, -0.2) is 0 Å². The monoisotopic (exact) mass is 408 g/mol. The Morgan fingerprint density at radius 2 is 1.17 bits per heavy atom. The summed E-state index contributed by atoms with van der Waals surface area (Å²) in [6.45, 7) is 5.54. The standard InChI is InChI=1S/C24H28N2O4/c1-3-7-21-19-11-9-17(15-23(19)29-25-21)27-13-5-6-14-28-18-10-12-20-22(8-4-2)26-30-24(20)16-18/h9-12,15-16H,3-8,13-14H2,1-2H3. The minimum Gasteiger partial charge on any atom is -0.493 e. The molecule has 0 spiro atoms. The van der Waals surface area contributed by atoms with Gasteiger partial charge in [-0.05, 0) is 49.9 Å². The van der Waals surface area contributed by atoms with Crippen LogP contribution in [0.3, 0.4) is 0 Å². The van der Waals surface area contributed by atoms with Gasteiger partial charge in [-0.15, -0.1) is 0 Å². The zero-order chi connectivity index (χ0) is 20.8. The molecule has 6 nitrogen and oxygen atoms in total. The molecule has 2 aromatic heterocycles. The molecule has 0 unspecified atom stereocenters. The van der Waals surface area contributed by atoms with Crippen molar-refractivity contribution >= 4 is 21.9 Å². The zero-order valence-corrected chi connectivity index (χ0v) is 17.6. The fourth-order valence-corrected chi connectivity index (χ4v) is 3.54. The molecule has 6 heteroatoms. The average Bonchev–Trinajstić information content (AvgIpc) is 3.35. The lowest BCUT2D eigenvalue weighted by atomic mass is 10.1. The summed E-state index contributed by atoms with van der Waals surface area (Å²) in [5, 5.41) is 10.4. The minimum atomic E-state index is 0.631. The van der Waals surface area contributed by atoms with Gasteiger partial charge in [0.05, 0.1) is 24.6 Å². The molecule has 4 rings (SSSR count). The normalized spacial score (nSPS) is 11.4. The van der Waals surface area contributed by atoms with Crippen molar-refractivity contribution in [3.8, 4) is 11.5 Å². The van der Waals surface area contributed by atoms with E-state index in [9.17, 15) is 0 Å².